The zero-order valence-electron chi connectivity index (χ0n) is 10.4. The van der Waals surface area contributed by atoms with E-state index in [2.05, 4.69) is 44.9 Å². The predicted octanol–water partition coefficient (Wildman–Crippen LogP) is 4.50. The van der Waals surface area contributed by atoms with Crippen LogP contribution in [0.3, 0.4) is 0 Å². The second-order valence-corrected chi connectivity index (χ2v) is 5.34. The van der Waals surface area contributed by atoms with E-state index < -0.39 is 0 Å². The highest BCUT2D eigenvalue weighted by molar-refractivity contribution is 9.09. The van der Waals surface area contributed by atoms with E-state index in [0.29, 0.717) is 0 Å². The fraction of sp³-hybridized carbons (Fsp3) is 0.357. The second kappa shape index (κ2) is 6.39. The lowest BCUT2D eigenvalue weighted by atomic mass is 10.1. The lowest BCUT2D eigenvalue weighted by Gasteiger charge is -2.24. The van der Waals surface area contributed by atoms with E-state index in [1.54, 1.807) is 0 Å². The van der Waals surface area contributed by atoms with Crippen molar-refractivity contribution in [3.05, 3.63) is 35.5 Å². The monoisotopic (exact) mass is 326 g/mol. The Morgan fingerprint density at radius 1 is 1.33 bits per heavy atom. The molecule has 1 aromatic heterocycles. The summed E-state index contributed by atoms with van der Waals surface area (Å²) in [5, 5.41) is 2.92. The van der Waals surface area contributed by atoms with Gasteiger partial charge in [0.15, 0.2) is 0 Å². The summed E-state index contributed by atoms with van der Waals surface area (Å²) in [6.07, 6.45) is 2.98. The summed E-state index contributed by atoms with van der Waals surface area (Å²) < 4.78 is 0. The van der Waals surface area contributed by atoms with E-state index in [9.17, 15) is 0 Å². The van der Waals surface area contributed by atoms with Crippen LogP contribution in [0.25, 0.3) is 10.9 Å². The van der Waals surface area contributed by atoms with E-state index in [1.807, 2.05) is 18.3 Å². The molecule has 2 nitrogen and oxygen atoms in total. The number of benzene rings is 1. The van der Waals surface area contributed by atoms with Crippen LogP contribution in [0.2, 0.25) is 5.02 Å². The molecule has 96 valence electrons. The number of hydrogen-bond acceptors (Lipinski definition) is 2. The van der Waals surface area contributed by atoms with Crippen molar-refractivity contribution in [2.24, 2.45) is 0 Å². The maximum Gasteiger partial charge on any atom is 0.0737 e. The number of fused-ring (bicyclic) bond motifs is 1. The molecule has 0 fully saturated rings. The van der Waals surface area contributed by atoms with Gasteiger partial charge in [0.2, 0.25) is 0 Å². The van der Waals surface area contributed by atoms with E-state index in [4.69, 9.17) is 11.6 Å². The highest BCUT2D eigenvalue weighted by Crippen LogP contribution is 2.27. The van der Waals surface area contributed by atoms with Crippen LogP contribution in [0, 0.1) is 0 Å². The summed E-state index contributed by atoms with van der Waals surface area (Å²) in [5.74, 6) is 0. The third-order valence-electron chi connectivity index (χ3n) is 2.97. The van der Waals surface area contributed by atoms with Gasteiger partial charge in [0, 0.05) is 40.7 Å². The number of nitrogens with zero attached hydrogens (tertiary/aromatic N) is 2. The number of pyridine rings is 1. The first-order valence-electron chi connectivity index (χ1n) is 6.11. The molecular weight excluding hydrogens is 312 g/mol. The van der Waals surface area contributed by atoms with Gasteiger partial charge in [-0.25, -0.2) is 0 Å². The first kappa shape index (κ1) is 13.6. The molecule has 2 rings (SSSR count). The van der Waals surface area contributed by atoms with Crippen LogP contribution in [-0.4, -0.2) is 23.4 Å². The van der Waals surface area contributed by atoms with Crippen LogP contribution in [-0.2, 0) is 0 Å². The molecule has 1 heterocycles. The van der Waals surface area contributed by atoms with E-state index in [0.717, 1.165) is 35.4 Å². The minimum absolute atomic E-state index is 0.732. The van der Waals surface area contributed by atoms with E-state index in [-0.39, 0.29) is 0 Å². The van der Waals surface area contributed by atoms with Gasteiger partial charge < -0.3 is 4.90 Å². The largest absolute Gasteiger partial charge is 0.371 e. The maximum atomic E-state index is 6.01. The molecular formula is C14H16BrClN2. The molecule has 0 N–H and O–H groups in total. The van der Waals surface area contributed by atoms with Crippen molar-refractivity contribution in [2.75, 3.05) is 23.3 Å². The van der Waals surface area contributed by atoms with Gasteiger partial charge in [-0.3, -0.25) is 4.98 Å². The smallest absolute Gasteiger partial charge is 0.0737 e. The standard InChI is InChI=1S/C14H16BrClN2/c1-2-18(9-3-7-15)14-6-8-17-13-10-11(16)4-5-12(13)14/h4-6,8,10H,2-3,7,9H2,1H3. The lowest BCUT2D eigenvalue weighted by Crippen LogP contribution is -2.24. The van der Waals surface area contributed by atoms with Crippen LogP contribution < -0.4 is 4.90 Å². The number of alkyl halides is 1. The summed E-state index contributed by atoms with van der Waals surface area (Å²) in [6.45, 7) is 4.22. The fourth-order valence-electron chi connectivity index (χ4n) is 2.08. The van der Waals surface area contributed by atoms with Crippen molar-refractivity contribution in [3.8, 4) is 0 Å². The van der Waals surface area contributed by atoms with Crippen molar-refractivity contribution in [1.29, 1.82) is 0 Å². The Balaban J connectivity index is 2.42. The SMILES string of the molecule is CCN(CCCBr)c1ccnc2cc(Cl)ccc12. The van der Waals surface area contributed by atoms with Crippen molar-refractivity contribution in [3.63, 3.8) is 0 Å². The number of hydrogen-bond donors (Lipinski definition) is 0. The highest BCUT2D eigenvalue weighted by Gasteiger charge is 2.08. The first-order valence-corrected chi connectivity index (χ1v) is 7.61. The van der Waals surface area contributed by atoms with Crippen LogP contribution in [0.5, 0.6) is 0 Å². The minimum Gasteiger partial charge on any atom is -0.371 e. The van der Waals surface area contributed by atoms with Gasteiger partial charge in [-0.05, 0) is 37.6 Å². The molecule has 0 bridgehead atoms. The number of rotatable bonds is 5. The molecule has 2 aromatic rings. The van der Waals surface area contributed by atoms with Crippen LogP contribution in [0.1, 0.15) is 13.3 Å². The number of anilines is 1. The lowest BCUT2D eigenvalue weighted by molar-refractivity contribution is 0.802. The average molecular weight is 328 g/mol. The minimum atomic E-state index is 0.732. The molecule has 0 spiro atoms. The zero-order chi connectivity index (χ0) is 13.0. The molecule has 0 unspecified atom stereocenters. The average Bonchev–Trinajstić information content (AvgIpc) is 2.39. The Labute approximate surface area is 121 Å². The summed E-state index contributed by atoms with van der Waals surface area (Å²) in [5.41, 5.74) is 2.19. The van der Waals surface area contributed by atoms with E-state index in [1.165, 1.54) is 11.1 Å². The molecule has 0 saturated carbocycles. The predicted molar refractivity (Wildman–Crippen MR) is 83.1 cm³/mol. The van der Waals surface area contributed by atoms with Gasteiger partial charge in [0.25, 0.3) is 0 Å². The summed E-state index contributed by atoms with van der Waals surface area (Å²) >= 11 is 9.49. The molecule has 18 heavy (non-hydrogen) atoms. The maximum absolute atomic E-state index is 6.01. The summed E-state index contributed by atoms with van der Waals surface area (Å²) in [6, 6.07) is 7.97. The number of halogens is 2. The molecule has 0 radical (unpaired) electrons. The topological polar surface area (TPSA) is 16.1 Å². The molecule has 0 amide bonds. The summed E-state index contributed by atoms with van der Waals surface area (Å²) in [7, 11) is 0. The molecule has 1 aromatic carbocycles. The Hall–Kier alpha value is -0.800. The normalized spacial score (nSPS) is 10.8. The van der Waals surface area contributed by atoms with Crippen molar-refractivity contribution in [2.45, 2.75) is 13.3 Å². The molecule has 4 heteroatoms. The summed E-state index contributed by atoms with van der Waals surface area (Å²) in [4.78, 5) is 6.75. The zero-order valence-corrected chi connectivity index (χ0v) is 12.7. The van der Waals surface area contributed by atoms with Gasteiger partial charge in [-0.15, -0.1) is 0 Å². The quantitative estimate of drug-likeness (QED) is 0.752. The molecule has 0 atom stereocenters. The molecule has 0 aliphatic rings. The molecule has 0 saturated heterocycles. The van der Waals surface area contributed by atoms with Gasteiger partial charge in [0.1, 0.15) is 0 Å². The van der Waals surface area contributed by atoms with Gasteiger partial charge >= 0.3 is 0 Å². The number of aromatic nitrogens is 1. The van der Waals surface area contributed by atoms with Crippen LogP contribution >= 0.6 is 27.5 Å². The van der Waals surface area contributed by atoms with Crippen LogP contribution in [0.4, 0.5) is 5.69 Å². The Bertz CT molecular complexity index is 530. The Morgan fingerprint density at radius 2 is 2.17 bits per heavy atom. The van der Waals surface area contributed by atoms with Crippen molar-refractivity contribution >= 4 is 44.1 Å². The van der Waals surface area contributed by atoms with Crippen molar-refractivity contribution < 1.29 is 0 Å². The molecule has 0 aliphatic carbocycles. The Morgan fingerprint density at radius 3 is 2.89 bits per heavy atom. The van der Waals surface area contributed by atoms with Gasteiger partial charge in [0.05, 0.1) is 5.52 Å². The highest BCUT2D eigenvalue weighted by atomic mass is 79.9. The van der Waals surface area contributed by atoms with Gasteiger partial charge in [-0.1, -0.05) is 27.5 Å². The first-order chi connectivity index (χ1) is 8.76. The second-order valence-electron chi connectivity index (χ2n) is 4.11. The third kappa shape index (κ3) is 2.96. The van der Waals surface area contributed by atoms with Crippen LogP contribution in [0.15, 0.2) is 30.5 Å². The van der Waals surface area contributed by atoms with E-state index >= 15 is 0 Å². The molecule has 0 aliphatic heterocycles. The fourth-order valence-corrected chi connectivity index (χ4v) is 2.50. The van der Waals surface area contributed by atoms with Gasteiger partial charge in [-0.2, -0.15) is 0 Å². The third-order valence-corrected chi connectivity index (χ3v) is 3.76. The Kier molecular flexibility index (Phi) is 4.84. The van der Waals surface area contributed by atoms with Crippen molar-refractivity contribution in [1.82, 2.24) is 4.98 Å².